The minimum atomic E-state index is -2.49. The van der Waals surface area contributed by atoms with Crippen LogP contribution in [0.2, 0.25) is 0 Å². The molecule has 4 fully saturated rings. The van der Waals surface area contributed by atoms with Gasteiger partial charge in [0, 0.05) is 171 Å². The van der Waals surface area contributed by atoms with Gasteiger partial charge in [-0.1, -0.05) is 71.1 Å². The number of piperazine rings is 1. The number of esters is 1. The Labute approximate surface area is 758 Å². The average molecular weight is 1810 g/mol. The first-order chi connectivity index (χ1) is 62.7. The number of unbranched alkanes of at least 4 members (excludes halogenated alkanes) is 1. The van der Waals surface area contributed by atoms with Crippen LogP contribution in [0.1, 0.15) is 161 Å². The molecule has 3 saturated heterocycles. The summed E-state index contributed by atoms with van der Waals surface area (Å²) in [5, 5.41) is 38.9. The molecule has 6 aromatic rings. The molecule has 15 atom stereocenters. The second-order valence-electron chi connectivity index (χ2n) is 34.6. The van der Waals surface area contributed by atoms with Gasteiger partial charge in [0.15, 0.2) is 11.4 Å². The number of allylic oxidation sites excluding steroid dienone is 6. The second-order valence-corrected chi connectivity index (χ2v) is 34.6. The molecule has 8 N–H and O–H groups in total. The van der Waals surface area contributed by atoms with Crippen LogP contribution in [-0.4, -0.2) is 286 Å². The van der Waals surface area contributed by atoms with Crippen molar-refractivity contribution in [1.29, 1.82) is 0 Å². The molecule has 1 saturated carbocycles. The van der Waals surface area contributed by atoms with E-state index in [0.29, 0.717) is 188 Å². The van der Waals surface area contributed by atoms with Crippen molar-refractivity contribution in [1.82, 2.24) is 70.5 Å². The number of alkyl carbamates (subject to hydrolysis) is 1. The normalized spacial score (nSPS) is 26.7. The number of anilines is 3. The maximum atomic E-state index is 14.8. The first kappa shape index (κ1) is 100. The maximum absolute atomic E-state index is 14.8. The van der Waals surface area contributed by atoms with Crippen LogP contribution >= 0.6 is 0 Å². The number of aromatic nitrogens is 10. The number of carbonyl (C=O) groups is 8. The lowest BCUT2D eigenvalue weighted by atomic mass is 9.78. The molecule has 37 heteroatoms. The number of aryl methyl sites for hydroxylation is 1. The van der Waals surface area contributed by atoms with Gasteiger partial charge in [0.05, 0.1) is 82.1 Å². The van der Waals surface area contributed by atoms with Gasteiger partial charge in [-0.2, -0.15) is 5.10 Å². The summed E-state index contributed by atoms with van der Waals surface area (Å²) in [7, 11) is 4.48. The SMILES string of the molecule is CO[C@H]1C[C@@H]2CC[C@@H](C)[C@@](O)(O2)C(=O)C(=O)N2CCCC[C@H]2C(=O)O[C@H]([C@H](C)C[C@@H]2CC[C@@H](OC(=O)NCc3cnc(N4CCN(c5ncc(C(=O)NCCOCCOCCOCCOCCC(=O)NCCCCn6nc(-c7cnc8[nH]ccc8c7)c7c(N)ncnc76)cn5)CC4)nc3)[C@H](OC)C2)CC(=O)[C@H](C)/C=C(\C)[C@@H](O)[C@@H](OC)C(=O)[C@H](C)C[C@H](C)/C=C/C=C/C=C/1C. The molecule has 2 bridgehead atoms. The van der Waals surface area contributed by atoms with Crippen molar-refractivity contribution in [2.75, 3.05) is 136 Å². The summed E-state index contributed by atoms with van der Waals surface area (Å²) in [6.45, 7) is 18.9. The molecule has 11 rings (SSSR count). The molecule has 0 aromatic carbocycles. The van der Waals surface area contributed by atoms with Crippen molar-refractivity contribution < 1.29 is 95.9 Å². The number of methoxy groups -OCH3 is 3. The summed E-state index contributed by atoms with van der Waals surface area (Å²) >= 11 is 0. The van der Waals surface area contributed by atoms with Crippen molar-refractivity contribution in [3.05, 3.63) is 114 Å². The Morgan fingerprint density at radius 2 is 1.42 bits per heavy atom. The number of nitrogens with zero attached hydrogens (tertiary/aromatic N) is 12. The van der Waals surface area contributed by atoms with Crippen molar-refractivity contribution in [2.45, 2.75) is 212 Å². The molecule has 0 spiro atoms. The summed E-state index contributed by atoms with van der Waals surface area (Å²) in [5.74, 6) is -7.88. The van der Waals surface area contributed by atoms with Crippen molar-refractivity contribution in [2.24, 2.45) is 35.5 Å². The highest BCUT2D eigenvalue weighted by Gasteiger charge is 2.53. The number of nitrogens with two attached hydrogens (primary N) is 1. The molecule has 4 amide bonds. The average Bonchev–Trinajstić information content (AvgIpc) is 1.56. The Balaban J connectivity index is 0.561. The Morgan fingerprint density at radius 3 is 2.12 bits per heavy atom. The molecule has 130 heavy (non-hydrogen) atoms. The lowest BCUT2D eigenvalue weighted by Crippen LogP contribution is -2.61. The monoisotopic (exact) mass is 1810 g/mol. The van der Waals surface area contributed by atoms with E-state index in [1.54, 1.807) is 66.6 Å². The number of nitrogens with one attached hydrogen (secondary N) is 4. The predicted molar refractivity (Wildman–Crippen MR) is 482 cm³/mol. The molecular formula is C93H131N17O20. The summed E-state index contributed by atoms with van der Waals surface area (Å²) in [6, 6.07) is 2.73. The lowest BCUT2D eigenvalue weighted by Gasteiger charge is -2.42. The minimum absolute atomic E-state index is 0.0254. The van der Waals surface area contributed by atoms with E-state index in [1.165, 1.54) is 30.7 Å². The maximum Gasteiger partial charge on any atom is 0.407 e. The van der Waals surface area contributed by atoms with Crippen LogP contribution in [0.25, 0.3) is 33.3 Å². The van der Waals surface area contributed by atoms with Gasteiger partial charge in [0.2, 0.25) is 23.6 Å². The Kier molecular flexibility index (Phi) is 38.2. The molecule has 37 nitrogen and oxygen atoms in total. The standard InChI is InChI=1S/C93H131N17O20/c1-58-18-12-11-13-19-59(2)74(121-8)49-70-23-21-64(7)93(120,130-70)83(115)88(117)109-30-16-14-20-71(109)89(118)128-75(50-72(111)60(3)45-63(6)81(114)82(123-10)80(113)62(5)44-58)61(4)46-65-22-24-73(76(47-65)122-9)129-92(119)103-53-66-51-99-90(100-52-66)107-32-34-108(35-33-107)91-101-55-69(56-102-91)87(116)97-29-37-125-39-41-127-43-42-126-40-38-124-36-26-77(112)95-27-15-17-31-110-86-78(84(94)104-57-105-86)79(106-110)68-48-67-25-28-96-85(67)98-54-68/h11-13,18-19,25,28,45,48,51-52,54-58,60-62,64-65,70-71,73-76,81-82,114,120H,14-17,20-24,26-27,29-44,46-47,49-50,53H2,1-10H3,(H,95,112)(H,96,98)(H,97,116)(H,103,119)(H2,94,104,105)/b13-11+,18-12+,59-19+,63-45+/t58-,60-,61-,62-,64-,65+,70+,71+,73-,74+,75+,76-,81-,82+,93-/m1/s1. The van der Waals surface area contributed by atoms with Crippen molar-refractivity contribution in [3.8, 4) is 11.3 Å². The zero-order valence-electron chi connectivity index (χ0n) is 76.6. The smallest absolute Gasteiger partial charge is 0.407 e. The van der Waals surface area contributed by atoms with Gasteiger partial charge in [-0.3, -0.25) is 28.8 Å². The van der Waals surface area contributed by atoms with Crippen LogP contribution in [0.3, 0.4) is 0 Å². The highest BCUT2D eigenvalue weighted by atomic mass is 16.6. The van der Waals surface area contributed by atoms with Crippen LogP contribution in [0.5, 0.6) is 0 Å². The minimum Gasteiger partial charge on any atom is -0.460 e. The number of rotatable bonds is 33. The highest BCUT2D eigenvalue weighted by Crippen LogP contribution is 2.40. The number of piperidine rings is 1. The van der Waals surface area contributed by atoms with E-state index in [-0.39, 0.29) is 93.7 Å². The first-order valence-corrected chi connectivity index (χ1v) is 45.6. The zero-order chi connectivity index (χ0) is 92.8. The fourth-order valence-corrected chi connectivity index (χ4v) is 17.3. The fourth-order valence-electron chi connectivity index (χ4n) is 17.3. The van der Waals surface area contributed by atoms with Gasteiger partial charge in [-0.15, -0.1) is 0 Å². The number of nitrogen functional groups attached to an aromatic ring is 1. The molecular weight excluding hydrogens is 1680 g/mol. The third-order valence-corrected chi connectivity index (χ3v) is 25.1. The van der Waals surface area contributed by atoms with E-state index in [0.717, 1.165) is 35.0 Å². The number of aliphatic hydroxyl groups excluding tert-OH is 1. The number of aromatic amines is 1. The van der Waals surface area contributed by atoms with Gasteiger partial charge in [0.1, 0.15) is 59.7 Å². The molecule has 1 aliphatic carbocycles. The Bertz CT molecular complexity index is 4850. The predicted octanol–water partition coefficient (Wildman–Crippen LogP) is 8.07. The van der Waals surface area contributed by atoms with E-state index in [2.05, 4.69) is 55.8 Å². The van der Waals surface area contributed by atoms with Gasteiger partial charge in [-0.05, 0) is 132 Å². The van der Waals surface area contributed by atoms with E-state index in [4.69, 9.17) is 58.2 Å². The fraction of sp³-hybridized carbons (Fsp3) is 0.613. The van der Waals surface area contributed by atoms with Gasteiger partial charge < -0.3 is 98.9 Å². The van der Waals surface area contributed by atoms with E-state index in [1.807, 2.05) is 84.0 Å². The van der Waals surface area contributed by atoms with Crippen LogP contribution < -0.4 is 31.5 Å². The van der Waals surface area contributed by atoms with Crippen molar-refractivity contribution in [3.63, 3.8) is 0 Å². The number of hydrogen-bond acceptors (Lipinski definition) is 31. The van der Waals surface area contributed by atoms with Crippen LogP contribution in [0.4, 0.5) is 22.5 Å². The van der Waals surface area contributed by atoms with Gasteiger partial charge in [0.25, 0.3) is 17.6 Å². The zero-order valence-corrected chi connectivity index (χ0v) is 76.6. The van der Waals surface area contributed by atoms with E-state index < -0.39 is 102 Å². The number of Topliss-reactive ketones (excluding diaryl/α,β-unsaturated/α-hetero) is 3. The van der Waals surface area contributed by atoms with Gasteiger partial charge in [-0.25, -0.2) is 49.2 Å². The summed E-state index contributed by atoms with van der Waals surface area (Å²) < 4.78 is 60.4. The molecule has 4 aliphatic heterocycles. The summed E-state index contributed by atoms with van der Waals surface area (Å²) in [6.07, 6.45) is 22.0. The molecule has 0 unspecified atom stereocenters. The Hall–Kier alpha value is -10.5. The number of hydrogen-bond donors (Lipinski definition) is 7. The number of fused-ring (bicyclic) bond motifs is 5. The topological polar surface area (TPSA) is 465 Å². The number of amides is 4. The van der Waals surface area contributed by atoms with E-state index >= 15 is 0 Å². The largest absolute Gasteiger partial charge is 0.460 e. The number of H-pyrrole nitrogens is 1. The molecule has 0 radical (unpaired) electrons. The van der Waals surface area contributed by atoms with E-state index in [9.17, 15) is 48.6 Å². The van der Waals surface area contributed by atoms with Crippen LogP contribution in [0.15, 0.2) is 103 Å². The number of ether oxygens (including phenoxy) is 10. The quantitative estimate of drug-likeness (QED) is 0.00885. The van der Waals surface area contributed by atoms with Gasteiger partial charge >= 0.3 is 12.1 Å². The van der Waals surface area contributed by atoms with Crippen LogP contribution in [0, 0.1) is 35.5 Å². The third kappa shape index (κ3) is 27.8. The first-order valence-electron chi connectivity index (χ1n) is 45.6. The molecule has 10 heterocycles. The molecule has 6 aromatic heterocycles. The van der Waals surface area contributed by atoms with Crippen molar-refractivity contribution >= 4 is 86.9 Å². The lowest BCUT2D eigenvalue weighted by molar-refractivity contribution is -0.265. The number of aliphatic hydroxyl groups is 2. The number of ketones is 3. The third-order valence-electron chi connectivity index (χ3n) is 25.1. The second kappa shape index (κ2) is 49.7. The number of cyclic esters (lactones) is 1. The molecule has 708 valence electrons. The summed E-state index contributed by atoms with van der Waals surface area (Å²) in [4.78, 5) is 151. The molecule has 5 aliphatic rings. The Morgan fingerprint density at radius 1 is 0.715 bits per heavy atom. The summed E-state index contributed by atoms with van der Waals surface area (Å²) in [5.41, 5.74) is 11.3. The highest BCUT2D eigenvalue weighted by molar-refractivity contribution is 6.39. The number of carbonyl (C=O) groups excluding carboxylic acids is 8. The van der Waals surface area contributed by atoms with Crippen LogP contribution in [-0.2, 0) is 89.2 Å². The number of pyridine rings is 1.